The van der Waals surface area contributed by atoms with Crippen molar-refractivity contribution in [2.24, 2.45) is 0 Å². The summed E-state index contributed by atoms with van der Waals surface area (Å²) in [6.07, 6.45) is 0. The molecular weight excluding hydrogens is 315 g/mol. The van der Waals surface area contributed by atoms with E-state index in [-0.39, 0.29) is 19.0 Å². The monoisotopic (exact) mass is 332 g/mol. The van der Waals surface area contributed by atoms with E-state index in [0.717, 1.165) is 12.1 Å². The van der Waals surface area contributed by atoms with Crippen LogP contribution in [0, 0.1) is 5.82 Å². The number of carboxylic acid groups (broad SMARTS) is 1. The van der Waals surface area contributed by atoms with Gasteiger partial charge >= 0.3 is 5.97 Å². The highest BCUT2D eigenvalue weighted by molar-refractivity contribution is 7.89. The molecule has 0 fully saturated rings. The number of halogens is 1. The minimum Gasteiger partial charge on any atom is -0.480 e. The Morgan fingerprint density at radius 1 is 1.36 bits per heavy atom. The lowest BCUT2D eigenvalue weighted by molar-refractivity contribution is -0.140. The van der Waals surface area contributed by atoms with Crippen molar-refractivity contribution in [2.45, 2.75) is 24.8 Å². The summed E-state index contributed by atoms with van der Waals surface area (Å²) >= 11 is 0. The van der Waals surface area contributed by atoms with E-state index in [1.54, 1.807) is 0 Å². The summed E-state index contributed by atoms with van der Waals surface area (Å²) in [5.74, 6) is -2.72. The predicted octanol–water partition coefficient (Wildman–Crippen LogP) is 0.426. The number of benzene rings is 1. The largest absolute Gasteiger partial charge is 0.480 e. The number of nitrogens with one attached hydrogen (secondary N) is 1. The lowest BCUT2D eigenvalue weighted by Gasteiger charge is -2.25. The van der Waals surface area contributed by atoms with E-state index in [4.69, 9.17) is 5.11 Å². The highest BCUT2D eigenvalue weighted by Gasteiger charge is 2.34. The third-order valence-electron chi connectivity index (χ3n) is 2.92. The third-order valence-corrected chi connectivity index (χ3v) is 4.92. The van der Waals surface area contributed by atoms with Crippen LogP contribution in [0.15, 0.2) is 29.2 Å². The Kier molecular flexibility index (Phi) is 6.01. The molecule has 1 unspecified atom stereocenters. The standard InChI is InChI=1S/C13H17FN2O5S/c1-9(13(18)19)16(8-7-15-10(2)17)22(20,21)12-6-4-3-5-11(12)14/h3-6,9H,7-8H2,1-2H3,(H,15,17)(H,18,19). The number of carboxylic acids is 1. The Morgan fingerprint density at radius 2 is 1.95 bits per heavy atom. The molecule has 0 aromatic heterocycles. The van der Waals surface area contributed by atoms with E-state index in [1.165, 1.54) is 26.0 Å². The zero-order valence-electron chi connectivity index (χ0n) is 12.1. The maximum Gasteiger partial charge on any atom is 0.321 e. The summed E-state index contributed by atoms with van der Waals surface area (Å²) in [5.41, 5.74) is 0. The first-order valence-corrected chi connectivity index (χ1v) is 7.85. The molecule has 0 aliphatic carbocycles. The molecule has 0 spiro atoms. The van der Waals surface area contributed by atoms with Crippen LogP contribution in [-0.4, -0.2) is 48.8 Å². The molecule has 0 saturated carbocycles. The predicted molar refractivity (Wildman–Crippen MR) is 76.1 cm³/mol. The molecule has 7 nitrogen and oxygen atoms in total. The summed E-state index contributed by atoms with van der Waals surface area (Å²) in [6, 6.07) is 3.30. The summed E-state index contributed by atoms with van der Waals surface area (Å²) in [4.78, 5) is 21.4. The van der Waals surface area contributed by atoms with Gasteiger partial charge in [0.15, 0.2) is 0 Å². The molecule has 0 saturated heterocycles. The average molecular weight is 332 g/mol. The molecule has 9 heteroatoms. The molecule has 122 valence electrons. The summed E-state index contributed by atoms with van der Waals surface area (Å²) < 4.78 is 39.3. The molecule has 1 atom stereocenters. The molecule has 0 aliphatic heterocycles. The summed E-state index contributed by atoms with van der Waals surface area (Å²) in [7, 11) is -4.35. The van der Waals surface area contributed by atoms with Crippen LogP contribution in [-0.2, 0) is 19.6 Å². The number of amides is 1. The van der Waals surface area contributed by atoms with Crippen molar-refractivity contribution in [2.75, 3.05) is 13.1 Å². The fraction of sp³-hybridized carbons (Fsp3) is 0.385. The number of nitrogens with zero attached hydrogens (tertiary/aromatic N) is 1. The molecule has 2 N–H and O–H groups in total. The van der Waals surface area contributed by atoms with Crippen molar-refractivity contribution in [3.05, 3.63) is 30.1 Å². The lowest BCUT2D eigenvalue weighted by Crippen LogP contribution is -2.46. The van der Waals surface area contributed by atoms with Crippen LogP contribution in [0.4, 0.5) is 4.39 Å². The Balaban J connectivity index is 3.16. The van der Waals surface area contributed by atoms with E-state index >= 15 is 0 Å². The molecule has 1 amide bonds. The van der Waals surface area contributed by atoms with Crippen LogP contribution in [0.25, 0.3) is 0 Å². The van der Waals surface area contributed by atoms with E-state index < -0.39 is 32.7 Å². The SMILES string of the molecule is CC(=O)NCCN(C(C)C(=O)O)S(=O)(=O)c1ccccc1F. The van der Waals surface area contributed by atoms with Gasteiger partial charge in [0, 0.05) is 20.0 Å². The van der Waals surface area contributed by atoms with Crippen LogP contribution < -0.4 is 5.32 Å². The zero-order chi connectivity index (χ0) is 16.9. The number of carbonyl (C=O) groups excluding carboxylic acids is 1. The van der Waals surface area contributed by atoms with Gasteiger partial charge in [0.25, 0.3) is 0 Å². The van der Waals surface area contributed by atoms with Crippen LogP contribution >= 0.6 is 0 Å². The van der Waals surface area contributed by atoms with Gasteiger partial charge in [-0.2, -0.15) is 4.31 Å². The highest BCUT2D eigenvalue weighted by Crippen LogP contribution is 2.20. The van der Waals surface area contributed by atoms with Crippen LogP contribution in [0.1, 0.15) is 13.8 Å². The van der Waals surface area contributed by atoms with Crippen molar-refractivity contribution in [1.82, 2.24) is 9.62 Å². The summed E-state index contributed by atoms with van der Waals surface area (Å²) in [5, 5.41) is 11.4. The summed E-state index contributed by atoms with van der Waals surface area (Å²) in [6.45, 7) is 2.05. The van der Waals surface area contributed by atoms with Crippen molar-refractivity contribution in [3.8, 4) is 0 Å². The van der Waals surface area contributed by atoms with Gasteiger partial charge in [-0.25, -0.2) is 12.8 Å². The van der Waals surface area contributed by atoms with Gasteiger partial charge in [0.05, 0.1) is 0 Å². The Hall–Kier alpha value is -2.00. The smallest absolute Gasteiger partial charge is 0.321 e. The molecule has 0 aliphatic rings. The quantitative estimate of drug-likeness (QED) is 0.753. The molecule has 0 bridgehead atoms. The Bertz CT molecular complexity index is 662. The topological polar surface area (TPSA) is 104 Å². The van der Waals surface area contributed by atoms with Gasteiger partial charge in [0.1, 0.15) is 16.8 Å². The minimum atomic E-state index is -4.35. The zero-order valence-corrected chi connectivity index (χ0v) is 12.9. The average Bonchev–Trinajstić information content (AvgIpc) is 2.42. The maximum atomic E-state index is 13.7. The number of sulfonamides is 1. The number of carbonyl (C=O) groups is 2. The number of hydrogen-bond donors (Lipinski definition) is 2. The molecule has 0 radical (unpaired) electrons. The van der Waals surface area contributed by atoms with Crippen molar-refractivity contribution in [1.29, 1.82) is 0 Å². The number of hydrogen-bond acceptors (Lipinski definition) is 4. The fourth-order valence-corrected chi connectivity index (χ4v) is 3.42. The van der Waals surface area contributed by atoms with Crippen LogP contribution in [0.5, 0.6) is 0 Å². The van der Waals surface area contributed by atoms with Crippen LogP contribution in [0.2, 0.25) is 0 Å². The minimum absolute atomic E-state index is 0.0827. The normalized spacial score (nSPS) is 12.9. The lowest BCUT2D eigenvalue weighted by atomic mass is 10.3. The molecule has 1 aromatic rings. The molecular formula is C13H17FN2O5S. The number of rotatable bonds is 7. The number of aliphatic carboxylic acids is 1. The van der Waals surface area contributed by atoms with Gasteiger partial charge < -0.3 is 10.4 Å². The first-order valence-electron chi connectivity index (χ1n) is 6.41. The van der Waals surface area contributed by atoms with E-state index in [0.29, 0.717) is 4.31 Å². The first kappa shape index (κ1) is 18.1. The second-order valence-electron chi connectivity index (χ2n) is 4.54. The molecule has 0 heterocycles. The van der Waals surface area contributed by atoms with Crippen molar-refractivity contribution in [3.63, 3.8) is 0 Å². The van der Waals surface area contributed by atoms with Gasteiger partial charge in [-0.1, -0.05) is 12.1 Å². The van der Waals surface area contributed by atoms with E-state index in [9.17, 15) is 22.4 Å². The van der Waals surface area contributed by atoms with Gasteiger partial charge in [-0.3, -0.25) is 9.59 Å². The van der Waals surface area contributed by atoms with Crippen LogP contribution in [0.3, 0.4) is 0 Å². The van der Waals surface area contributed by atoms with Gasteiger partial charge in [-0.15, -0.1) is 0 Å². The molecule has 1 rings (SSSR count). The second-order valence-corrected chi connectivity index (χ2v) is 6.40. The van der Waals surface area contributed by atoms with Gasteiger partial charge in [-0.05, 0) is 19.1 Å². The van der Waals surface area contributed by atoms with E-state index in [2.05, 4.69) is 5.32 Å². The molecule has 22 heavy (non-hydrogen) atoms. The maximum absolute atomic E-state index is 13.7. The van der Waals surface area contributed by atoms with Crippen molar-refractivity contribution < 1.29 is 27.5 Å². The first-order chi connectivity index (χ1) is 10.2. The fourth-order valence-electron chi connectivity index (χ4n) is 1.77. The van der Waals surface area contributed by atoms with E-state index in [1.807, 2.05) is 0 Å². The van der Waals surface area contributed by atoms with Gasteiger partial charge in [0.2, 0.25) is 15.9 Å². The Labute approximate surface area is 127 Å². The molecule has 1 aromatic carbocycles. The Morgan fingerprint density at radius 3 is 2.45 bits per heavy atom. The third kappa shape index (κ3) is 4.25. The highest BCUT2D eigenvalue weighted by atomic mass is 32.2. The van der Waals surface area contributed by atoms with Crippen molar-refractivity contribution >= 4 is 21.9 Å². The second kappa shape index (κ2) is 7.32.